The molecule has 2 heterocycles. The number of likely N-dealkylation sites (tertiary alicyclic amines) is 1. The molecule has 1 saturated heterocycles. The summed E-state index contributed by atoms with van der Waals surface area (Å²) in [6.07, 6.45) is 4.32. The highest BCUT2D eigenvalue weighted by atomic mass is 16.2. The number of hydrogen-bond donors (Lipinski definition) is 1. The van der Waals surface area contributed by atoms with Gasteiger partial charge in [0.1, 0.15) is 0 Å². The van der Waals surface area contributed by atoms with Crippen LogP contribution < -0.4 is 0 Å². The maximum Gasteiger partial charge on any atom is 0.223 e. The van der Waals surface area contributed by atoms with Crippen molar-refractivity contribution in [1.82, 2.24) is 14.9 Å². The van der Waals surface area contributed by atoms with Crippen molar-refractivity contribution in [2.75, 3.05) is 0 Å². The number of aromatic nitrogens is 2. The highest BCUT2D eigenvalue weighted by molar-refractivity contribution is 5.79. The van der Waals surface area contributed by atoms with Crippen LogP contribution in [-0.4, -0.2) is 26.8 Å². The zero-order valence-corrected chi connectivity index (χ0v) is 11.2. The Morgan fingerprint density at radius 2 is 2.10 bits per heavy atom. The second-order valence-electron chi connectivity index (χ2n) is 5.76. The molecule has 4 rings (SSSR count). The Hall–Kier alpha value is -2.10. The predicted octanol–water partition coefficient (Wildman–Crippen LogP) is 2.24. The van der Waals surface area contributed by atoms with Crippen LogP contribution in [0.5, 0.6) is 0 Å². The van der Waals surface area contributed by atoms with Crippen molar-refractivity contribution in [1.29, 1.82) is 0 Å². The van der Waals surface area contributed by atoms with Gasteiger partial charge in [-0.2, -0.15) is 0 Å². The van der Waals surface area contributed by atoms with E-state index in [0.29, 0.717) is 18.4 Å². The zero-order valence-electron chi connectivity index (χ0n) is 11.2. The SMILES string of the molecule is O=C1CC2CC(Cc3nc[nH]c32)N1Cc1ccccc1. The molecular weight excluding hydrogens is 250 g/mol. The van der Waals surface area contributed by atoms with Gasteiger partial charge in [0.2, 0.25) is 5.91 Å². The van der Waals surface area contributed by atoms with Crippen LogP contribution in [0.1, 0.15) is 35.7 Å². The maximum atomic E-state index is 12.4. The molecule has 2 aliphatic rings. The summed E-state index contributed by atoms with van der Waals surface area (Å²) in [5.41, 5.74) is 3.54. The van der Waals surface area contributed by atoms with Gasteiger partial charge in [0.25, 0.3) is 0 Å². The van der Waals surface area contributed by atoms with Gasteiger partial charge in [0, 0.05) is 37.0 Å². The summed E-state index contributed by atoms with van der Waals surface area (Å²) in [6.45, 7) is 0.719. The van der Waals surface area contributed by atoms with Crippen molar-refractivity contribution in [2.45, 2.75) is 37.8 Å². The van der Waals surface area contributed by atoms with E-state index in [2.05, 4.69) is 22.1 Å². The molecule has 4 heteroatoms. The Bertz CT molecular complexity index is 634. The minimum atomic E-state index is 0.273. The number of imidazole rings is 1. The van der Waals surface area contributed by atoms with E-state index in [4.69, 9.17) is 0 Å². The number of nitrogens with zero attached hydrogens (tertiary/aromatic N) is 2. The Morgan fingerprint density at radius 3 is 2.95 bits per heavy atom. The van der Waals surface area contributed by atoms with E-state index < -0.39 is 0 Å². The number of carbonyl (C=O) groups is 1. The second-order valence-corrected chi connectivity index (χ2v) is 5.76. The molecule has 0 spiro atoms. The van der Waals surface area contributed by atoms with E-state index in [1.165, 1.54) is 11.3 Å². The summed E-state index contributed by atoms with van der Waals surface area (Å²) in [5.74, 6) is 0.612. The second kappa shape index (κ2) is 4.47. The Labute approximate surface area is 117 Å². The van der Waals surface area contributed by atoms with Gasteiger partial charge in [-0.3, -0.25) is 4.79 Å². The first-order chi connectivity index (χ1) is 9.81. The fourth-order valence-corrected chi connectivity index (χ4v) is 3.55. The van der Waals surface area contributed by atoms with Crippen LogP contribution >= 0.6 is 0 Å². The molecule has 0 radical (unpaired) electrons. The first kappa shape index (κ1) is 11.7. The molecule has 1 aliphatic carbocycles. The monoisotopic (exact) mass is 267 g/mol. The third-order valence-corrected chi connectivity index (χ3v) is 4.52. The Balaban J connectivity index is 1.61. The first-order valence-electron chi connectivity index (χ1n) is 7.17. The summed E-state index contributed by atoms with van der Waals surface area (Å²) in [6, 6.07) is 10.5. The normalized spacial score (nSPS) is 24.6. The molecule has 2 atom stereocenters. The molecule has 2 aromatic rings. The number of rotatable bonds is 2. The van der Waals surface area contributed by atoms with Gasteiger partial charge in [0.05, 0.1) is 12.0 Å². The highest BCUT2D eigenvalue weighted by Crippen LogP contribution is 2.39. The van der Waals surface area contributed by atoms with E-state index in [-0.39, 0.29) is 5.91 Å². The number of nitrogens with one attached hydrogen (secondary N) is 1. The maximum absolute atomic E-state index is 12.4. The fraction of sp³-hybridized carbons (Fsp3) is 0.375. The van der Waals surface area contributed by atoms with Crippen molar-refractivity contribution in [3.63, 3.8) is 0 Å². The third-order valence-electron chi connectivity index (χ3n) is 4.52. The molecule has 4 nitrogen and oxygen atoms in total. The van der Waals surface area contributed by atoms with Crippen molar-refractivity contribution < 1.29 is 4.79 Å². The van der Waals surface area contributed by atoms with Crippen LogP contribution in [0.3, 0.4) is 0 Å². The van der Waals surface area contributed by atoms with Gasteiger partial charge in [-0.1, -0.05) is 30.3 Å². The zero-order chi connectivity index (χ0) is 13.5. The lowest BCUT2D eigenvalue weighted by molar-refractivity contribution is -0.138. The van der Waals surface area contributed by atoms with Crippen LogP contribution in [0.15, 0.2) is 36.7 Å². The van der Waals surface area contributed by atoms with Gasteiger partial charge in [-0.25, -0.2) is 4.98 Å². The molecule has 1 aromatic heterocycles. The quantitative estimate of drug-likeness (QED) is 0.907. The number of benzene rings is 1. The number of fused-ring (bicyclic) bond motifs is 4. The van der Waals surface area contributed by atoms with Crippen LogP contribution in [0.25, 0.3) is 0 Å². The van der Waals surface area contributed by atoms with E-state index >= 15 is 0 Å². The summed E-state index contributed by atoms with van der Waals surface area (Å²) in [7, 11) is 0. The molecule has 1 amide bonds. The Morgan fingerprint density at radius 1 is 1.25 bits per heavy atom. The lowest BCUT2D eigenvalue weighted by atomic mass is 9.79. The standard InChI is InChI=1S/C16H17N3O/c20-15-7-12-6-13(8-14-16(12)18-10-17-14)19(15)9-11-4-2-1-3-5-11/h1-5,10,12-13H,6-9H2,(H,17,18). The van der Waals surface area contributed by atoms with E-state index in [1.807, 2.05) is 23.1 Å². The topological polar surface area (TPSA) is 49.0 Å². The molecule has 2 unspecified atom stereocenters. The fourth-order valence-electron chi connectivity index (χ4n) is 3.55. The molecule has 20 heavy (non-hydrogen) atoms. The molecule has 1 N–H and O–H groups in total. The minimum absolute atomic E-state index is 0.273. The number of H-pyrrole nitrogens is 1. The highest BCUT2D eigenvalue weighted by Gasteiger charge is 2.40. The van der Waals surface area contributed by atoms with E-state index in [9.17, 15) is 4.79 Å². The number of hydrogen-bond acceptors (Lipinski definition) is 2. The van der Waals surface area contributed by atoms with Gasteiger partial charge >= 0.3 is 0 Å². The minimum Gasteiger partial charge on any atom is -0.348 e. The van der Waals surface area contributed by atoms with Crippen molar-refractivity contribution in [3.05, 3.63) is 53.6 Å². The third kappa shape index (κ3) is 1.83. The van der Waals surface area contributed by atoms with Gasteiger partial charge in [-0.05, 0) is 12.0 Å². The number of carbonyl (C=O) groups excluding carboxylic acids is 1. The smallest absolute Gasteiger partial charge is 0.223 e. The van der Waals surface area contributed by atoms with Crippen molar-refractivity contribution in [2.24, 2.45) is 0 Å². The molecule has 0 saturated carbocycles. The first-order valence-corrected chi connectivity index (χ1v) is 7.17. The van der Waals surface area contributed by atoms with Gasteiger partial charge in [0.15, 0.2) is 0 Å². The average molecular weight is 267 g/mol. The van der Waals surface area contributed by atoms with E-state index in [0.717, 1.165) is 25.1 Å². The van der Waals surface area contributed by atoms with Crippen molar-refractivity contribution >= 4 is 5.91 Å². The van der Waals surface area contributed by atoms with Gasteiger partial charge < -0.3 is 9.88 Å². The Kier molecular flexibility index (Phi) is 2.62. The predicted molar refractivity (Wildman–Crippen MR) is 75.0 cm³/mol. The molecule has 2 bridgehead atoms. The van der Waals surface area contributed by atoms with Crippen LogP contribution in [0, 0.1) is 0 Å². The van der Waals surface area contributed by atoms with Crippen LogP contribution in [0.4, 0.5) is 0 Å². The summed E-state index contributed by atoms with van der Waals surface area (Å²) >= 11 is 0. The molecule has 102 valence electrons. The molecule has 1 fully saturated rings. The lowest BCUT2D eigenvalue weighted by Crippen LogP contribution is -2.48. The molecular formula is C16H17N3O. The van der Waals surface area contributed by atoms with Crippen LogP contribution in [-0.2, 0) is 17.8 Å². The molecule has 1 aromatic carbocycles. The molecule has 1 aliphatic heterocycles. The van der Waals surface area contributed by atoms with Gasteiger partial charge in [-0.15, -0.1) is 0 Å². The van der Waals surface area contributed by atoms with E-state index in [1.54, 1.807) is 6.33 Å². The largest absolute Gasteiger partial charge is 0.348 e. The number of piperidine rings is 1. The van der Waals surface area contributed by atoms with Crippen LogP contribution in [0.2, 0.25) is 0 Å². The summed E-state index contributed by atoms with van der Waals surface area (Å²) in [5, 5.41) is 0. The summed E-state index contributed by atoms with van der Waals surface area (Å²) < 4.78 is 0. The average Bonchev–Trinajstić information content (AvgIpc) is 2.93. The lowest BCUT2D eigenvalue weighted by Gasteiger charge is -2.42. The number of aromatic amines is 1. The summed E-state index contributed by atoms with van der Waals surface area (Å²) in [4.78, 5) is 22.1. The number of amides is 1. The van der Waals surface area contributed by atoms with Crippen molar-refractivity contribution in [3.8, 4) is 0 Å².